The van der Waals surface area contributed by atoms with Gasteiger partial charge >= 0.3 is 11.9 Å². The van der Waals surface area contributed by atoms with Gasteiger partial charge in [-0.25, -0.2) is 4.79 Å². The quantitative estimate of drug-likeness (QED) is 0.0334. The van der Waals surface area contributed by atoms with Crippen LogP contribution in [0.15, 0.2) is 24.3 Å². The van der Waals surface area contributed by atoms with Crippen molar-refractivity contribution in [2.24, 2.45) is 5.73 Å². The topological polar surface area (TPSA) is 119 Å². The second-order valence-electron chi connectivity index (χ2n) is 14.4. The van der Waals surface area contributed by atoms with Gasteiger partial charge in [0.2, 0.25) is 5.91 Å². The Labute approximate surface area is 308 Å². The Balaban J connectivity index is 4.23. The zero-order valence-electron chi connectivity index (χ0n) is 32.7. The van der Waals surface area contributed by atoms with Crippen molar-refractivity contribution in [1.29, 1.82) is 0 Å². The minimum absolute atomic E-state index is 0.0116. The third-order valence-electron chi connectivity index (χ3n) is 9.52. The van der Waals surface area contributed by atoms with E-state index in [1.807, 2.05) is 0 Å². The summed E-state index contributed by atoms with van der Waals surface area (Å²) >= 11 is 0. The molecule has 0 aromatic rings. The molecule has 4 N–H and O–H groups in total. The molecule has 1 amide bonds. The van der Waals surface area contributed by atoms with E-state index in [1.54, 1.807) is 0 Å². The van der Waals surface area contributed by atoms with Crippen LogP contribution in [0.4, 0.5) is 0 Å². The average molecular weight is 705 g/mol. The Hall–Kier alpha value is -2.15. The zero-order valence-corrected chi connectivity index (χ0v) is 32.7. The number of ether oxygens (including phenoxy) is 1. The molecule has 2 unspecified atom stereocenters. The highest BCUT2D eigenvalue weighted by atomic mass is 16.5. The fraction of sp³-hybridized carbons (Fsp3) is 0.837. The number of esters is 1. The smallest absolute Gasteiger partial charge is 0.326 e. The Morgan fingerprint density at radius 3 is 1.56 bits per heavy atom. The maximum Gasteiger partial charge on any atom is 0.326 e. The Morgan fingerprint density at radius 2 is 1.04 bits per heavy atom. The largest absolute Gasteiger partial charge is 0.480 e. The van der Waals surface area contributed by atoms with E-state index in [-0.39, 0.29) is 18.0 Å². The maximum atomic E-state index is 12.7. The van der Waals surface area contributed by atoms with Gasteiger partial charge in [-0.3, -0.25) is 9.59 Å². The van der Waals surface area contributed by atoms with Gasteiger partial charge in [-0.1, -0.05) is 141 Å². The molecule has 0 rings (SSSR count). The summed E-state index contributed by atoms with van der Waals surface area (Å²) in [7, 11) is 0. The lowest BCUT2D eigenvalue weighted by atomic mass is 10.0. The number of rotatable bonds is 38. The number of carbonyl (C=O) groups excluding carboxylic acids is 2. The molecule has 0 fully saturated rings. The maximum absolute atomic E-state index is 12.7. The molecule has 0 aromatic heterocycles. The minimum Gasteiger partial charge on any atom is -0.480 e. The van der Waals surface area contributed by atoms with Gasteiger partial charge in [0.25, 0.3) is 0 Å². The summed E-state index contributed by atoms with van der Waals surface area (Å²) in [5, 5.41) is 11.9. The molecule has 50 heavy (non-hydrogen) atoms. The molecule has 7 nitrogen and oxygen atoms in total. The highest BCUT2D eigenvalue weighted by Crippen LogP contribution is 2.19. The van der Waals surface area contributed by atoms with Crippen molar-refractivity contribution in [2.75, 3.05) is 6.54 Å². The summed E-state index contributed by atoms with van der Waals surface area (Å²) in [6.45, 7) is 4.92. The van der Waals surface area contributed by atoms with Crippen LogP contribution in [0.1, 0.15) is 213 Å². The third-order valence-corrected chi connectivity index (χ3v) is 9.52. The SMILES string of the molecule is CCCCCC/C=C\C/C=C\CCCCCCCC(=O)OC(CCCCCCCCCC)CCCCCCCC(=O)NC(CCCN)C(=O)O. The molecule has 2 atom stereocenters. The summed E-state index contributed by atoms with van der Waals surface area (Å²) in [6.07, 6.45) is 42.2. The van der Waals surface area contributed by atoms with Crippen molar-refractivity contribution in [3.05, 3.63) is 24.3 Å². The summed E-state index contributed by atoms with van der Waals surface area (Å²) in [5.74, 6) is -1.24. The van der Waals surface area contributed by atoms with Crippen molar-refractivity contribution in [1.82, 2.24) is 5.32 Å². The van der Waals surface area contributed by atoms with Gasteiger partial charge in [0.05, 0.1) is 0 Å². The van der Waals surface area contributed by atoms with E-state index in [0.29, 0.717) is 32.2 Å². The molecule has 0 heterocycles. The Bertz CT molecular complexity index is 843. The van der Waals surface area contributed by atoms with Crippen LogP contribution in [0.2, 0.25) is 0 Å². The Kier molecular flexibility index (Phi) is 36.5. The molecular formula is C43H80N2O5. The lowest BCUT2D eigenvalue weighted by Gasteiger charge is -2.18. The molecule has 0 saturated carbocycles. The van der Waals surface area contributed by atoms with Crippen LogP contribution in [0.5, 0.6) is 0 Å². The molecule has 292 valence electrons. The summed E-state index contributed by atoms with van der Waals surface area (Å²) < 4.78 is 6.02. The van der Waals surface area contributed by atoms with Crippen LogP contribution < -0.4 is 11.1 Å². The Morgan fingerprint density at radius 1 is 0.580 bits per heavy atom. The van der Waals surface area contributed by atoms with Gasteiger partial charge < -0.3 is 20.9 Å². The molecule has 7 heteroatoms. The average Bonchev–Trinajstić information content (AvgIpc) is 3.10. The molecule has 0 aliphatic heterocycles. The first-order chi connectivity index (χ1) is 24.4. The first-order valence-corrected chi connectivity index (χ1v) is 21.2. The van der Waals surface area contributed by atoms with Crippen LogP contribution in [-0.4, -0.2) is 41.6 Å². The van der Waals surface area contributed by atoms with E-state index in [9.17, 15) is 19.5 Å². The van der Waals surface area contributed by atoms with E-state index in [1.165, 1.54) is 96.3 Å². The van der Waals surface area contributed by atoms with E-state index >= 15 is 0 Å². The highest BCUT2D eigenvalue weighted by molar-refractivity contribution is 5.83. The van der Waals surface area contributed by atoms with Crippen LogP contribution in [0, 0.1) is 0 Å². The summed E-state index contributed by atoms with van der Waals surface area (Å²) in [6, 6.07) is -0.855. The normalized spacial score (nSPS) is 12.9. The number of carboxylic acid groups (broad SMARTS) is 1. The summed E-state index contributed by atoms with van der Waals surface area (Å²) in [5.41, 5.74) is 5.48. The second kappa shape index (κ2) is 38.1. The lowest BCUT2D eigenvalue weighted by Crippen LogP contribution is -2.40. The van der Waals surface area contributed by atoms with E-state index < -0.39 is 12.0 Å². The number of allylic oxidation sites excluding steroid dienone is 4. The van der Waals surface area contributed by atoms with Gasteiger partial charge in [0.1, 0.15) is 12.1 Å². The van der Waals surface area contributed by atoms with E-state index in [4.69, 9.17) is 10.5 Å². The van der Waals surface area contributed by atoms with Crippen LogP contribution in [0.3, 0.4) is 0 Å². The first-order valence-electron chi connectivity index (χ1n) is 21.2. The summed E-state index contributed by atoms with van der Waals surface area (Å²) in [4.78, 5) is 36.3. The number of aliphatic carboxylic acids is 1. The number of hydrogen-bond donors (Lipinski definition) is 3. The van der Waals surface area contributed by atoms with Crippen LogP contribution >= 0.6 is 0 Å². The molecule has 0 aromatic carbocycles. The van der Waals surface area contributed by atoms with Crippen LogP contribution in [0.25, 0.3) is 0 Å². The predicted molar refractivity (Wildman–Crippen MR) is 211 cm³/mol. The van der Waals surface area contributed by atoms with Gasteiger partial charge in [-0.2, -0.15) is 0 Å². The van der Waals surface area contributed by atoms with Crippen molar-refractivity contribution in [2.45, 2.75) is 225 Å². The van der Waals surface area contributed by atoms with Crippen molar-refractivity contribution in [3.63, 3.8) is 0 Å². The third kappa shape index (κ3) is 34.3. The number of unbranched alkanes of at least 4 members (excludes halogenated alkanes) is 20. The zero-order chi connectivity index (χ0) is 36.8. The van der Waals surface area contributed by atoms with Gasteiger partial charge in [0, 0.05) is 12.8 Å². The van der Waals surface area contributed by atoms with E-state index in [0.717, 1.165) is 77.0 Å². The number of amides is 1. The van der Waals surface area contributed by atoms with E-state index in [2.05, 4.69) is 43.5 Å². The fourth-order valence-electron chi connectivity index (χ4n) is 6.30. The minimum atomic E-state index is -1.00. The fourth-order valence-corrected chi connectivity index (χ4v) is 6.30. The number of carboxylic acids is 1. The molecule has 0 radical (unpaired) electrons. The number of nitrogens with one attached hydrogen (secondary N) is 1. The van der Waals surface area contributed by atoms with Crippen molar-refractivity contribution < 1.29 is 24.2 Å². The number of carbonyl (C=O) groups is 3. The highest BCUT2D eigenvalue weighted by Gasteiger charge is 2.19. The molecule has 0 aliphatic carbocycles. The van der Waals surface area contributed by atoms with Gasteiger partial charge in [-0.15, -0.1) is 0 Å². The van der Waals surface area contributed by atoms with Gasteiger partial charge in [-0.05, 0) is 90.0 Å². The first kappa shape index (κ1) is 47.8. The lowest BCUT2D eigenvalue weighted by molar-refractivity contribution is -0.150. The molecule has 0 spiro atoms. The van der Waals surface area contributed by atoms with Crippen molar-refractivity contribution >= 4 is 17.8 Å². The molecular weight excluding hydrogens is 624 g/mol. The number of hydrogen-bond acceptors (Lipinski definition) is 5. The molecule has 0 saturated heterocycles. The monoisotopic (exact) mass is 705 g/mol. The van der Waals surface area contributed by atoms with Crippen LogP contribution in [-0.2, 0) is 19.1 Å². The number of nitrogens with two attached hydrogens (primary N) is 1. The standard InChI is InChI=1S/C43H80N2O5/c1-3-5-7-9-11-13-14-15-16-17-18-19-20-22-27-31-37-42(47)50-39(33-28-24-21-12-10-8-6-4-2)34-29-25-23-26-30-36-41(46)45-40(43(48)49)35-32-38-44/h13-14,16-17,39-40H,3-12,15,18-38,44H2,1-2H3,(H,45,46)(H,48,49)/b14-13-,17-16-. The van der Waals surface area contributed by atoms with Crippen molar-refractivity contribution in [3.8, 4) is 0 Å². The predicted octanol–water partition coefficient (Wildman–Crippen LogP) is 11.7. The van der Waals surface area contributed by atoms with Gasteiger partial charge in [0.15, 0.2) is 0 Å². The molecule has 0 bridgehead atoms. The second-order valence-corrected chi connectivity index (χ2v) is 14.4. The molecule has 0 aliphatic rings.